The van der Waals surface area contributed by atoms with Crippen molar-refractivity contribution in [2.75, 3.05) is 0 Å². The lowest BCUT2D eigenvalue weighted by Gasteiger charge is -2.32. The van der Waals surface area contributed by atoms with E-state index < -0.39 is 0 Å². The third kappa shape index (κ3) is 2.55. The normalized spacial score (nSPS) is 25.8. The van der Waals surface area contributed by atoms with Crippen LogP contribution in [0.3, 0.4) is 0 Å². The zero-order valence-corrected chi connectivity index (χ0v) is 10.8. The molecule has 2 heteroatoms. The first-order chi connectivity index (χ1) is 7.39. The second kappa shape index (κ2) is 4.86. The molecular weight excluding hydrogens is 198 g/mol. The molecule has 1 aliphatic carbocycles. The van der Waals surface area contributed by atoms with Gasteiger partial charge in [0.15, 0.2) is 0 Å². The van der Waals surface area contributed by atoms with Crippen molar-refractivity contribution in [3.63, 3.8) is 0 Å². The molecule has 0 bridgehead atoms. The molecular formula is C14H23NO. The van der Waals surface area contributed by atoms with E-state index in [0.29, 0.717) is 5.92 Å². The van der Waals surface area contributed by atoms with Gasteiger partial charge in [-0.3, -0.25) is 0 Å². The van der Waals surface area contributed by atoms with Gasteiger partial charge in [-0.15, -0.1) is 5.16 Å². The summed E-state index contributed by atoms with van der Waals surface area (Å²) in [5.74, 6) is 0.788. The summed E-state index contributed by atoms with van der Waals surface area (Å²) in [6.45, 7) is 13.0. The first-order valence-electron chi connectivity index (χ1n) is 5.92. The molecule has 0 aromatic heterocycles. The Morgan fingerprint density at radius 1 is 1.75 bits per heavy atom. The third-order valence-electron chi connectivity index (χ3n) is 3.95. The van der Waals surface area contributed by atoms with Crippen LogP contribution in [0.2, 0.25) is 0 Å². The molecule has 0 aromatic carbocycles. The fraction of sp³-hybridized carbons (Fsp3) is 0.643. The van der Waals surface area contributed by atoms with Gasteiger partial charge in [0.25, 0.3) is 0 Å². The van der Waals surface area contributed by atoms with Crippen molar-refractivity contribution >= 4 is 6.21 Å². The lowest BCUT2D eigenvalue weighted by Crippen LogP contribution is -2.22. The molecule has 0 aliphatic heterocycles. The van der Waals surface area contributed by atoms with Crippen LogP contribution in [0.4, 0.5) is 0 Å². The first kappa shape index (κ1) is 13.0. The molecule has 0 saturated heterocycles. The van der Waals surface area contributed by atoms with E-state index in [0.717, 1.165) is 12.8 Å². The molecule has 90 valence electrons. The minimum Gasteiger partial charge on any atom is -0.411 e. The number of nitrogens with zero attached hydrogens (tertiary/aromatic N) is 1. The molecule has 1 rings (SSSR count). The highest BCUT2D eigenvalue weighted by atomic mass is 16.4. The lowest BCUT2D eigenvalue weighted by atomic mass is 9.73. The van der Waals surface area contributed by atoms with Crippen LogP contribution in [-0.4, -0.2) is 11.4 Å². The highest BCUT2D eigenvalue weighted by Gasteiger charge is 2.36. The Morgan fingerprint density at radius 2 is 2.38 bits per heavy atom. The summed E-state index contributed by atoms with van der Waals surface area (Å²) in [5, 5.41) is 11.6. The van der Waals surface area contributed by atoms with Crippen LogP contribution in [-0.2, 0) is 0 Å². The van der Waals surface area contributed by atoms with E-state index in [9.17, 15) is 0 Å². The van der Waals surface area contributed by atoms with E-state index in [4.69, 9.17) is 5.21 Å². The molecule has 0 heterocycles. The minimum atomic E-state index is 0.229. The largest absolute Gasteiger partial charge is 0.411 e. The van der Waals surface area contributed by atoms with E-state index in [2.05, 4.69) is 38.6 Å². The van der Waals surface area contributed by atoms with Crippen molar-refractivity contribution < 1.29 is 5.21 Å². The van der Waals surface area contributed by atoms with Crippen molar-refractivity contribution in [3.8, 4) is 0 Å². The maximum absolute atomic E-state index is 8.49. The average molecular weight is 221 g/mol. The van der Waals surface area contributed by atoms with E-state index in [1.165, 1.54) is 11.1 Å². The molecule has 2 unspecified atom stereocenters. The van der Waals surface area contributed by atoms with Gasteiger partial charge in [-0.1, -0.05) is 44.6 Å². The van der Waals surface area contributed by atoms with Crippen LogP contribution in [0, 0.1) is 17.3 Å². The van der Waals surface area contributed by atoms with Gasteiger partial charge in [-0.05, 0) is 37.0 Å². The van der Waals surface area contributed by atoms with Gasteiger partial charge in [0.05, 0.1) is 0 Å². The van der Waals surface area contributed by atoms with Gasteiger partial charge in [0.2, 0.25) is 0 Å². The summed E-state index contributed by atoms with van der Waals surface area (Å²) in [5.41, 5.74) is 2.96. The van der Waals surface area contributed by atoms with Gasteiger partial charge in [0, 0.05) is 6.21 Å². The van der Waals surface area contributed by atoms with E-state index >= 15 is 0 Å². The van der Waals surface area contributed by atoms with Crippen LogP contribution in [0.25, 0.3) is 0 Å². The molecule has 0 saturated carbocycles. The molecule has 2 atom stereocenters. The van der Waals surface area contributed by atoms with Gasteiger partial charge in [0.1, 0.15) is 0 Å². The van der Waals surface area contributed by atoms with Crippen LogP contribution in [0.15, 0.2) is 29.0 Å². The van der Waals surface area contributed by atoms with Gasteiger partial charge < -0.3 is 5.21 Å². The second-order valence-corrected chi connectivity index (χ2v) is 5.50. The summed E-state index contributed by atoms with van der Waals surface area (Å²) in [6, 6.07) is 0. The molecule has 1 aliphatic rings. The van der Waals surface area contributed by atoms with E-state index in [-0.39, 0.29) is 11.3 Å². The SMILES string of the molecule is C=C(CC(C)C=NO)C1CC=C(C)C1(C)C. The molecule has 0 spiro atoms. The molecule has 0 aromatic rings. The molecule has 1 N–H and O–H groups in total. The van der Waals surface area contributed by atoms with Crippen LogP contribution in [0.1, 0.15) is 40.5 Å². The summed E-state index contributed by atoms with van der Waals surface area (Å²) in [6.07, 6.45) is 5.90. The molecule has 0 amide bonds. The Bertz CT molecular complexity index is 326. The Morgan fingerprint density at radius 3 is 2.81 bits per heavy atom. The van der Waals surface area contributed by atoms with Crippen molar-refractivity contribution in [2.24, 2.45) is 22.4 Å². The molecule has 2 nitrogen and oxygen atoms in total. The first-order valence-corrected chi connectivity index (χ1v) is 5.92. The Kier molecular flexibility index (Phi) is 3.95. The number of hydrogen-bond acceptors (Lipinski definition) is 2. The summed E-state index contributed by atoms with van der Waals surface area (Å²) in [4.78, 5) is 0. The maximum Gasteiger partial charge on any atom is 0.0467 e. The number of rotatable bonds is 4. The topological polar surface area (TPSA) is 32.6 Å². The Balaban J connectivity index is 2.64. The van der Waals surface area contributed by atoms with Crippen LogP contribution < -0.4 is 0 Å². The maximum atomic E-state index is 8.49. The average Bonchev–Trinajstić information content (AvgIpc) is 2.42. The summed E-state index contributed by atoms with van der Waals surface area (Å²) in [7, 11) is 0. The molecule has 0 fully saturated rings. The Labute approximate surface area is 98.7 Å². The standard InChI is InChI=1S/C14H23NO/c1-10(9-15-16)8-11(2)13-7-6-12(3)14(13,4)5/h6,9-10,13,16H,2,7-8H2,1,3-5H3. The van der Waals surface area contributed by atoms with Crippen LogP contribution in [0.5, 0.6) is 0 Å². The van der Waals surface area contributed by atoms with Crippen molar-refractivity contribution in [1.29, 1.82) is 0 Å². The second-order valence-electron chi connectivity index (χ2n) is 5.50. The quantitative estimate of drug-likeness (QED) is 0.331. The number of oxime groups is 1. The van der Waals surface area contributed by atoms with E-state index in [1.807, 2.05) is 6.92 Å². The fourth-order valence-corrected chi connectivity index (χ4v) is 2.53. The van der Waals surface area contributed by atoms with Gasteiger partial charge in [-0.2, -0.15) is 0 Å². The van der Waals surface area contributed by atoms with Crippen molar-refractivity contribution in [2.45, 2.75) is 40.5 Å². The zero-order valence-electron chi connectivity index (χ0n) is 10.8. The van der Waals surface area contributed by atoms with Crippen molar-refractivity contribution in [3.05, 3.63) is 23.8 Å². The smallest absolute Gasteiger partial charge is 0.0467 e. The van der Waals surface area contributed by atoms with Crippen LogP contribution >= 0.6 is 0 Å². The summed E-state index contributed by atoms with van der Waals surface area (Å²) >= 11 is 0. The fourth-order valence-electron chi connectivity index (χ4n) is 2.53. The molecule has 0 radical (unpaired) electrons. The molecule has 16 heavy (non-hydrogen) atoms. The Hall–Kier alpha value is -1.05. The van der Waals surface area contributed by atoms with Crippen molar-refractivity contribution in [1.82, 2.24) is 0 Å². The minimum absolute atomic E-state index is 0.229. The van der Waals surface area contributed by atoms with Gasteiger partial charge in [-0.25, -0.2) is 0 Å². The predicted molar refractivity (Wildman–Crippen MR) is 68.8 cm³/mol. The third-order valence-corrected chi connectivity index (χ3v) is 3.95. The number of hydrogen-bond donors (Lipinski definition) is 1. The summed E-state index contributed by atoms with van der Waals surface area (Å²) < 4.78 is 0. The predicted octanol–water partition coefficient (Wildman–Crippen LogP) is 4.02. The van der Waals surface area contributed by atoms with Gasteiger partial charge >= 0.3 is 0 Å². The lowest BCUT2D eigenvalue weighted by molar-refractivity contribution is 0.315. The zero-order chi connectivity index (χ0) is 12.3. The monoisotopic (exact) mass is 221 g/mol. The number of allylic oxidation sites excluding steroid dienone is 3. The highest BCUT2D eigenvalue weighted by molar-refractivity contribution is 5.59. The highest BCUT2D eigenvalue weighted by Crippen LogP contribution is 2.47. The van der Waals surface area contributed by atoms with E-state index in [1.54, 1.807) is 6.21 Å².